The van der Waals surface area contributed by atoms with Gasteiger partial charge in [0.05, 0.1) is 18.7 Å². The minimum Gasteiger partial charge on any atom is -0.497 e. The van der Waals surface area contributed by atoms with E-state index < -0.39 is 0 Å². The van der Waals surface area contributed by atoms with Gasteiger partial charge in [-0.25, -0.2) is 4.68 Å². The van der Waals surface area contributed by atoms with Crippen molar-refractivity contribution in [2.45, 2.75) is 20.1 Å². The van der Waals surface area contributed by atoms with Gasteiger partial charge in [0, 0.05) is 38.4 Å². The summed E-state index contributed by atoms with van der Waals surface area (Å²) in [6.07, 6.45) is 0. The van der Waals surface area contributed by atoms with Gasteiger partial charge in [0.15, 0.2) is 10.6 Å². The zero-order valence-electron chi connectivity index (χ0n) is 16.2. The predicted molar refractivity (Wildman–Crippen MR) is 117 cm³/mol. The number of hydrogen-bond acceptors (Lipinski definition) is 6. The molecule has 0 bridgehead atoms. The van der Waals surface area contributed by atoms with Crippen molar-refractivity contribution < 1.29 is 4.74 Å². The van der Waals surface area contributed by atoms with Crippen LogP contribution >= 0.6 is 23.6 Å². The molecule has 0 saturated carbocycles. The molecule has 3 aromatic rings. The van der Waals surface area contributed by atoms with Gasteiger partial charge in [-0.3, -0.25) is 9.47 Å². The molecule has 4 rings (SSSR count). The second-order valence-electron chi connectivity index (χ2n) is 6.77. The fourth-order valence-corrected chi connectivity index (χ4v) is 4.57. The first-order valence-corrected chi connectivity index (χ1v) is 10.8. The summed E-state index contributed by atoms with van der Waals surface area (Å²) < 4.78 is 10.1. The van der Waals surface area contributed by atoms with Gasteiger partial charge in [0.1, 0.15) is 5.75 Å². The van der Waals surface area contributed by atoms with E-state index in [1.54, 1.807) is 18.4 Å². The Kier molecular flexibility index (Phi) is 5.79. The van der Waals surface area contributed by atoms with Crippen molar-refractivity contribution in [1.82, 2.24) is 19.2 Å². The molecule has 3 heterocycles. The maximum atomic E-state index is 5.70. The summed E-state index contributed by atoms with van der Waals surface area (Å²) in [6.45, 7) is 7.64. The molecule has 0 radical (unpaired) electrons. The topological polar surface area (TPSA) is 38.5 Å². The van der Waals surface area contributed by atoms with E-state index in [1.807, 2.05) is 16.8 Å². The van der Waals surface area contributed by atoms with Crippen molar-refractivity contribution >= 4 is 29.2 Å². The SMILES string of the molecule is CCn1c(-c2cccs2)nn(CN2CCN(c3ccc(OC)cc3)CC2)c1=S. The van der Waals surface area contributed by atoms with Crippen molar-refractivity contribution in [3.63, 3.8) is 0 Å². The quantitative estimate of drug-likeness (QED) is 0.570. The van der Waals surface area contributed by atoms with E-state index in [2.05, 4.69) is 50.9 Å². The highest BCUT2D eigenvalue weighted by Gasteiger charge is 2.20. The van der Waals surface area contributed by atoms with Crippen LogP contribution in [0.1, 0.15) is 6.92 Å². The summed E-state index contributed by atoms with van der Waals surface area (Å²) in [7, 11) is 1.70. The van der Waals surface area contributed by atoms with Crippen molar-refractivity contribution in [3.8, 4) is 16.5 Å². The Bertz CT molecular complexity index is 954. The van der Waals surface area contributed by atoms with E-state index in [4.69, 9.17) is 22.1 Å². The normalized spacial score (nSPS) is 15.1. The van der Waals surface area contributed by atoms with Gasteiger partial charge in [-0.1, -0.05) is 6.07 Å². The molecule has 28 heavy (non-hydrogen) atoms. The number of nitrogens with zero attached hydrogens (tertiary/aromatic N) is 5. The Hall–Kier alpha value is -2.16. The molecule has 2 aromatic heterocycles. The number of hydrogen-bond donors (Lipinski definition) is 0. The lowest BCUT2D eigenvalue weighted by Gasteiger charge is -2.35. The summed E-state index contributed by atoms with van der Waals surface area (Å²) in [4.78, 5) is 5.99. The predicted octanol–water partition coefficient (Wildman–Crippen LogP) is 3.95. The number of benzene rings is 1. The number of thiophene rings is 1. The van der Waals surface area contributed by atoms with Crippen LogP contribution in [0, 0.1) is 4.77 Å². The Morgan fingerprint density at radius 2 is 1.86 bits per heavy atom. The first-order valence-electron chi connectivity index (χ1n) is 9.52. The van der Waals surface area contributed by atoms with E-state index >= 15 is 0 Å². The van der Waals surface area contributed by atoms with Crippen LogP contribution < -0.4 is 9.64 Å². The van der Waals surface area contributed by atoms with Crippen LogP contribution in [-0.4, -0.2) is 52.5 Å². The molecule has 8 heteroatoms. The zero-order valence-corrected chi connectivity index (χ0v) is 17.9. The molecule has 0 atom stereocenters. The molecule has 1 fully saturated rings. The highest BCUT2D eigenvalue weighted by atomic mass is 32.1. The third-order valence-electron chi connectivity index (χ3n) is 5.12. The van der Waals surface area contributed by atoms with E-state index in [0.29, 0.717) is 0 Å². The minimum absolute atomic E-state index is 0.737. The highest BCUT2D eigenvalue weighted by Crippen LogP contribution is 2.24. The number of anilines is 1. The molecule has 0 aliphatic carbocycles. The Morgan fingerprint density at radius 3 is 2.46 bits per heavy atom. The van der Waals surface area contributed by atoms with Crippen LogP contribution in [0.4, 0.5) is 5.69 Å². The Labute approximate surface area is 174 Å². The minimum atomic E-state index is 0.737. The average molecular weight is 416 g/mol. The maximum absolute atomic E-state index is 5.70. The summed E-state index contributed by atoms with van der Waals surface area (Å²) in [5, 5.41) is 6.91. The van der Waals surface area contributed by atoms with Crippen molar-refractivity contribution in [3.05, 3.63) is 46.5 Å². The van der Waals surface area contributed by atoms with Crippen LogP contribution in [0.3, 0.4) is 0 Å². The van der Waals surface area contributed by atoms with Crippen LogP contribution in [0.25, 0.3) is 10.7 Å². The molecular weight excluding hydrogens is 390 g/mol. The van der Waals surface area contributed by atoms with Crippen molar-refractivity contribution in [2.24, 2.45) is 0 Å². The van der Waals surface area contributed by atoms with Gasteiger partial charge in [-0.15, -0.1) is 16.4 Å². The van der Waals surface area contributed by atoms with Crippen LogP contribution in [0.5, 0.6) is 5.75 Å². The summed E-state index contributed by atoms with van der Waals surface area (Å²) in [5.74, 6) is 1.86. The smallest absolute Gasteiger partial charge is 0.199 e. The molecule has 1 saturated heterocycles. The fraction of sp³-hybridized carbons (Fsp3) is 0.400. The molecule has 1 aliphatic heterocycles. The monoisotopic (exact) mass is 415 g/mol. The Morgan fingerprint density at radius 1 is 1.11 bits per heavy atom. The average Bonchev–Trinajstić information content (AvgIpc) is 3.37. The standard InChI is InChI=1S/C20H25N5OS2/c1-3-24-19(18-5-4-14-28-18)21-25(20(24)27)15-22-10-12-23(13-11-22)16-6-8-17(26-2)9-7-16/h4-9,14H,3,10-13,15H2,1-2H3. The highest BCUT2D eigenvalue weighted by molar-refractivity contribution is 7.71. The van der Waals surface area contributed by atoms with E-state index in [-0.39, 0.29) is 0 Å². The van der Waals surface area contributed by atoms with Crippen molar-refractivity contribution in [2.75, 3.05) is 38.2 Å². The van der Waals surface area contributed by atoms with Crippen molar-refractivity contribution in [1.29, 1.82) is 0 Å². The fourth-order valence-electron chi connectivity index (χ4n) is 3.54. The first-order chi connectivity index (χ1) is 13.7. The summed E-state index contributed by atoms with van der Waals surface area (Å²) in [5.41, 5.74) is 1.24. The molecule has 0 spiro atoms. The van der Waals surface area contributed by atoms with Crippen LogP contribution in [0.15, 0.2) is 41.8 Å². The lowest BCUT2D eigenvalue weighted by Crippen LogP contribution is -2.47. The van der Waals surface area contributed by atoms with Gasteiger partial charge >= 0.3 is 0 Å². The Balaban J connectivity index is 1.43. The largest absolute Gasteiger partial charge is 0.497 e. The van der Waals surface area contributed by atoms with Gasteiger partial charge in [0.2, 0.25) is 0 Å². The second-order valence-corrected chi connectivity index (χ2v) is 8.08. The first kappa shape index (κ1) is 19.2. The second kappa shape index (κ2) is 8.46. The lowest BCUT2D eigenvalue weighted by molar-refractivity contribution is 0.194. The van der Waals surface area contributed by atoms with Gasteiger partial charge in [-0.2, -0.15) is 0 Å². The lowest BCUT2D eigenvalue weighted by atomic mass is 10.2. The number of rotatable bonds is 6. The molecule has 1 aromatic carbocycles. The molecule has 148 valence electrons. The number of methoxy groups -OCH3 is 1. The molecule has 0 N–H and O–H groups in total. The number of ether oxygens (including phenoxy) is 1. The molecule has 1 aliphatic rings. The maximum Gasteiger partial charge on any atom is 0.199 e. The molecule has 6 nitrogen and oxygen atoms in total. The number of piperazine rings is 1. The summed E-state index contributed by atoms with van der Waals surface area (Å²) in [6, 6.07) is 12.4. The third kappa shape index (κ3) is 3.85. The molecule has 0 amide bonds. The van der Waals surface area contributed by atoms with Crippen LogP contribution in [-0.2, 0) is 13.2 Å². The number of aromatic nitrogens is 3. The van der Waals surface area contributed by atoms with Gasteiger partial charge in [-0.05, 0) is 54.9 Å². The molecule has 0 unspecified atom stereocenters. The van der Waals surface area contributed by atoms with E-state index in [1.165, 1.54) is 5.69 Å². The van der Waals surface area contributed by atoms with E-state index in [9.17, 15) is 0 Å². The third-order valence-corrected chi connectivity index (χ3v) is 6.42. The van der Waals surface area contributed by atoms with E-state index in [0.717, 1.165) is 60.6 Å². The van der Waals surface area contributed by atoms with Gasteiger partial charge in [0.25, 0.3) is 0 Å². The zero-order chi connectivity index (χ0) is 19.5. The van der Waals surface area contributed by atoms with Crippen LogP contribution in [0.2, 0.25) is 0 Å². The van der Waals surface area contributed by atoms with Gasteiger partial charge < -0.3 is 9.64 Å². The molecular formula is C20H25N5OS2. The summed E-state index contributed by atoms with van der Waals surface area (Å²) >= 11 is 7.40.